The number of rotatable bonds is 14. The molecular weight excluding hydrogens is 953 g/mol. The first-order valence-corrected chi connectivity index (χ1v) is 23.6. The smallest absolute Gasteiger partial charge is 0.372 e. The first kappa shape index (κ1) is 56.0. The number of halogens is 12. The molecule has 0 aliphatic rings. The monoisotopic (exact) mass is 1000 g/mol. The van der Waals surface area contributed by atoms with Gasteiger partial charge in [0, 0.05) is 82.1 Å². The number of unbranched alkanes of at least 4 members (excludes halogenated alkanes) is 4. The van der Waals surface area contributed by atoms with E-state index in [0.717, 1.165) is 88.9 Å². The third kappa shape index (κ3) is 16.6. The lowest BCUT2D eigenvalue weighted by Crippen LogP contribution is -2.25. The van der Waals surface area contributed by atoms with E-state index in [9.17, 15) is 52.7 Å². The first-order chi connectivity index (χ1) is 34.0. The molecule has 0 atom stereocenters. The Balaban J connectivity index is 1.76. The van der Waals surface area contributed by atoms with Crippen LogP contribution in [0.2, 0.25) is 0 Å². The molecule has 0 unspecified atom stereocenters. The maximum Gasteiger partial charge on any atom is 0.416 e. The molecule has 2 nitrogen and oxygen atoms in total. The van der Waals surface area contributed by atoms with E-state index in [4.69, 9.17) is 0 Å². The average molecular weight is 1010 g/mol. The molecule has 0 aliphatic heterocycles. The van der Waals surface area contributed by atoms with Crippen molar-refractivity contribution in [3.8, 4) is 47.4 Å². The first-order valence-electron chi connectivity index (χ1n) is 23.6. The van der Waals surface area contributed by atoms with Crippen LogP contribution in [0, 0.1) is 47.4 Å². The Hall–Kier alpha value is -6.90. The SMILES string of the molecule is CCCCN(CCCC)c1ccc(C#Cc2cc(C#Cc3cc(C(F)(F)F)cc(C(F)(F)F)c3)c(C#Cc3cc(C(F)(F)F)cc(C(F)(F)F)c3)cc2C#Cc2ccc(N(CCCC)CCCC)cc2)cc1. The van der Waals surface area contributed by atoms with Crippen molar-refractivity contribution in [2.24, 2.45) is 0 Å². The van der Waals surface area contributed by atoms with Gasteiger partial charge in [-0.05, 0) is 123 Å². The van der Waals surface area contributed by atoms with Crippen LogP contribution in [0.3, 0.4) is 0 Å². The second kappa shape index (κ2) is 25.0. The van der Waals surface area contributed by atoms with Gasteiger partial charge in [-0.3, -0.25) is 0 Å². The topological polar surface area (TPSA) is 6.48 Å². The van der Waals surface area contributed by atoms with Crippen molar-refractivity contribution < 1.29 is 52.7 Å². The summed E-state index contributed by atoms with van der Waals surface area (Å²) in [4.78, 5) is 4.57. The van der Waals surface area contributed by atoms with Gasteiger partial charge < -0.3 is 9.80 Å². The third-order valence-corrected chi connectivity index (χ3v) is 11.3. The van der Waals surface area contributed by atoms with Gasteiger partial charge in [0.25, 0.3) is 0 Å². The van der Waals surface area contributed by atoms with Crippen LogP contribution in [-0.4, -0.2) is 26.2 Å². The van der Waals surface area contributed by atoms with Crippen LogP contribution >= 0.6 is 0 Å². The average Bonchev–Trinajstić information content (AvgIpc) is 3.33. The van der Waals surface area contributed by atoms with Crippen LogP contribution < -0.4 is 9.80 Å². The van der Waals surface area contributed by atoms with Crippen LogP contribution in [-0.2, 0) is 24.7 Å². The highest BCUT2D eigenvalue weighted by molar-refractivity contribution is 5.65. The summed E-state index contributed by atoms with van der Waals surface area (Å²) in [5.41, 5.74) is -4.78. The minimum atomic E-state index is -5.19. The molecule has 0 amide bonds. The maximum atomic E-state index is 13.8. The standard InChI is InChI=1S/C58H52F12N2/c1-5-9-29-71(30-10-6-2)53-25-17-41(18-26-53)13-21-45-37-47(23-15-43-33-49(55(59,60)61)39-50(34-43)56(62,63)64)48(24-16-44-35-51(57(65,66)67)40-52(36-44)58(68,69)70)38-46(45)22-14-42-19-27-54(28-20-42)72(31-11-7-3)32-12-8-4/h17-20,25-28,33-40H,5-12,29-32H2,1-4H3. The van der Waals surface area contributed by atoms with Crippen molar-refractivity contribution in [1.82, 2.24) is 0 Å². The number of hydrogen-bond acceptors (Lipinski definition) is 2. The second-order valence-corrected chi connectivity index (χ2v) is 17.0. The molecule has 0 radical (unpaired) electrons. The van der Waals surface area contributed by atoms with Crippen LogP contribution in [0.4, 0.5) is 64.1 Å². The predicted octanol–water partition coefficient (Wildman–Crippen LogP) is 16.2. The van der Waals surface area contributed by atoms with Crippen molar-refractivity contribution in [2.45, 2.75) is 104 Å². The zero-order valence-corrected chi connectivity index (χ0v) is 40.2. The number of alkyl halides is 12. The summed E-state index contributed by atoms with van der Waals surface area (Å²) < 4.78 is 166. The van der Waals surface area contributed by atoms with E-state index in [1.54, 1.807) is 0 Å². The fourth-order valence-electron chi connectivity index (χ4n) is 7.27. The Labute approximate surface area is 413 Å². The quantitative estimate of drug-likeness (QED) is 0.0808. The van der Waals surface area contributed by atoms with Crippen LogP contribution in [0.15, 0.2) is 97.1 Å². The normalized spacial score (nSPS) is 11.6. The number of anilines is 2. The lowest BCUT2D eigenvalue weighted by Gasteiger charge is -2.24. The second-order valence-electron chi connectivity index (χ2n) is 17.0. The summed E-state index contributed by atoms with van der Waals surface area (Å²) >= 11 is 0. The molecule has 0 saturated carbocycles. The zero-order chi connectivity index (χ0) is 52.7. The van der Waals surface area contributed by atoms with Gasteiger partial charge in [0.2, 0.25) is 0 Å². The molecule has 0 aliphatic carbocycles. The summed E-state index contributed by atoms with van der Waals surface area (Å²) in [5.74, 6) is 22.1. The molecule has 0 fully saturated rings. The Kier molecular flexibility index (Phi) is 19.4. The molecule has 0 aromatic heterocycles. The fraction of sp³-hybridized carbons (Fsp3) is 0.345. The van der Waals surface area contributed by atoms with E-state index in [1.807, 2.05) is 48.5 Å². The largest absolute Gasteiger partial charge is 0.416 e. The molecule has 5 aromatic carbocycles. The molecule has 378 valence electrons. The number of benzene rings is 5. The molecular formula is C58H52F12N2. The van der Waals surface area contributed by atoms with Gasteiger partial charge >= 0.3 is 24.7 Å². The minimum Gasteiger partial charge on any atom is -0.372 e. The van der Waals surface area contributed by atoms with Gasteiger partial charge in [0.15, 0.2) is 0 Å². The van der Waals surface area contributed by atoms with Gasteiger partial charge in [-0.2, -0.15) is 52.7 Å². The highest BCUT2D eigenvalue weighted by Gasteiger charge is 2.38. The fourth-order valence-corrected chi connectivity index (χ4v) is 7.27. The summed E-state index contributed by atoms with van der Waals surface area (Å²) in [5, 5.41) is 0. The van der Waals surface area contributed by atoms with E-state index < -0.39 is 58.1 Å². The predicted molar refractivity (Wildman–Crippen MR) is 260 cm³/mol. The summed E-state index contributed by atoms with van der Waals surface area (Å²) in [6.07, 6.45) is -12.8. The van der Waals surface area contributed by atoms with E-state index in [2.05, 4.69) is 84.9 Å². The molecule has 72 heavy (non-hydrogen) atoms. The lowest BCUT2D eigenvalue weighted by atomic mass is 9.97. The number of hydrogen-bond donors (Lipinski definition) is 0. The molecule has 0 spiro atoms. The molecule has 0 heterocycles. The molecule has 0 bridgehead atoms. The van der Waals surface area contributed by atoms with Crippen molar-refractivity contribution in [1.29, 1.82) is 0 Å². The van der Waals surface area contributed by atoms with Crippen LogP contribution in [0.25, 0.3) is 0 Å². The summed E-state index contributed by atoms with van der Waals surface area (Å²) in [6, 6.07) is 19.2. The van der Waals surface area contributed by atoms with E-state index in [0.29, 0.717) is 35.4 Å². The van der Waals surface area contributed by atoms with Crippen molar-refractivity contribution in [3.05, 3.63) is 164 Å². The molecule has 5 rings (SSSR count). The van der Waals surface area contributed by atoms with E-state index >= 15 is 0 Å². The number of nitrogens with zero attached hydrogens (tertiary/aromatic N) is 2. The maximum absolute atomic E-state index is 13.8. The lowest BCUT2D eigenvalue weighted by molar-refractivity contribution is -0.144. The van der Waals surface area contributed by atoms with E-state index in [1.165, 1.54) is 12.1 Å². The van der Waals surface area contributed by atoms with Gasteiger partial charge in [0.1, 0.15) is 0 Å². The Morgan fingerprint density at radius 1 is 0.306 bits per heavy atom. The Morgan fingerprint density at radius 3 is 0.764 bits per heavy atom. The zero-order valence-electron chi connectivity index (χ0n) is 40.2. The van der Waals surface area contributed by atoms with Gasteiger partial charge in [-0.15, -0.1) is 0 Å². The van der Waals surface area contributed by atoms with Crippen LogP contribution in [0.1, 0.15) is 146 Å². The highest BCUT2D eigenvalue weighted by atomic mass is 19.4. The van der Waals surface area contributed by atoms with E-state index in [-0.39, 0.29) is 34.4 Å². The third-order valence-electron chi connectivity index (χ3n) is 11.3. The molecule has 0 N–H and O–H groups in total. The van der Waals surface area contributed by atoms with Crippen molar-refractivity contribution >= 4 is 11.4 Å². The Morgan fingerprint density at radius 2 is 0.542 bits per heavy atom. The van der Waals surface area contributed by atoms with Crippen molar-refractivity contribution in [2.75, 3.05) is 36.0 Å². The van der Waals surface area contributed by atoms with Gasteiger partial charge in [0.05, 0.1) is 22.3 Å². The van der Waals surface area contributed by atoms with Gasteiger partial charge in [-0.1, -0.05) is 101 Å². The Bertz CT molecular complexity index is 2600. The minimum absolute atomic E-state index is 0.0591. The summed E-state index contributed by atoms with van der Waals surface area (Å²) in [6.45, 7) is 11.9. The van der Waals surface area contributed by atoms with Gasteiger partial charge in [-0.25, -0.2) is 0 Å². The molecule has 0 saturated heterocycles. The van der Waals surface area contributed by atoms with Crippen molar-refractivity contribution in [3.63, 3.8) is 0 Å². The highest BCUT2D eigenvalue weighted by Crippen LogP contribution is 2.38. The molecule has 5 aromatic rings. The molecule has 14 heteroatoms. The van der Waals surface area contributed by atoms with Crippen LogP contribution in [0.5, 0.6) is 0 Å². The summed E-state index contributed by atoms with van der Waals surface area (Å²) in [7, 11) is 0.